The lowest BCUT2D eigenvalue weighted by Gasteiger charge is -2.43. The van der Waals surface area contributed by atoms with Crippen LogP contribution in [0.15, 0.2) is 0 Å². The molecular weight excluding hydrogens is 208 g/mol. The standard InChI is InChI=1S/C15H30N2/c1-5-8-16-14-7-9-17(12(4)11(14)3)15-10-13(15)6-2/h11-16H,5-10H2,1-4H3. The lowest BCUT2D eigenvalue weighted by atomic mass is 9.86. The molecule has 1 aliphatic heterocycles. The molecule has 2 aliphatic rings. The van der Waals surface area contributed by atoms with Crippen LogP contribution >= 0.6 is 0 Å². The van der Waals surface area contributed by atoms with E-state index in [1.54, 1.807) is 0 Å². The van der Waals surface area contributed by atoms with Gasteiger partial charge < -0.3 is 5.32 Å². The first-order valence-corrected chi connectivity index (χ1v) is 7.68. The summed E-state index contributed by atoms with van der Waals surface area (Å²) in [5, 5.41) is 3.73. The molecule has 1 saturated heterocycles. The van der Waals surface area contributed by atoms with Crippen molar-refractivity contribution in [1.29, 1.82) is 0 Å². The predicted molar refractivity (Wildman–Crippen MR) is 74.2 cm³/mol. The molecule has 0 aromatic rings. The summed E-state index contributed by atoms with van der Waals surface area (Å²) in [5.41, 5.74) is 0. The van der Waals surface area contributed by atoms with Crippen molar-refractivity contribution in [2.45, 2.75) is 71.5 Å². The van der Waals surface area contributed by atoms with Crippen LogP contribution in [-0.2, 0) is 0 Å². The molecule has 100 valence electrons. The predicted octanol–water partition coefficient (Wildman–Crippen LogP) is 2.88. The van der Waals surface area contributed by atoms with Crippen LogP contribution < -0.4 is 5.32 Å². The van der Waals surface area contributed by atoms with Gasteiger partial charge in [-0.15, -0.1) is 0 Å². The zero-order valence-corrected chi connectivity index (χ0v) is 12.1. The highest BCUT2D eigenvalue weighted by Crippen LogP contribution is 2.42. The van der Waals surface area contributed by atoms with E-state index < -0.39 is 0 Å². The van der Waals surface area contributed by atoms with E-state index in [0.29, 0.717) is 0 Å². The highest BCUT2D eigenvalue weighted by atomic mass is 15.2. The molecule has 1 N–H and O–H groups in total. The van der Waals surface area contributed by atoms with Gasteiger partial charge in [-0.2, -0.15) is 0 Å². The van der Waals surface area contributed by atoms with Crippen molar-refractivity contribution >= 4 is 0 Å². The minimum Gasteiger partial charge on any atom is -0.314 e. The molecule has 0 aromatic carbocycles. The van der Waals surface area contributed by atoms with Gasteiger partial charge in [0, 0.05) is 24.7 Å². The number of rotatable bonds is 5. The van der Waals surface area contributed by atoms with Crippen LogP contribution in [0.2, 0.25) is 0 Å². The fourth-order valence-electron chi connectivity index (χ4n) is 3.55. The van der Waals surface area contributed by atoms with Gasteiger partial charge in [-0.1, -0.05) is 27.2 Å². The number of nitrogens with zero attached hydrogens (tertiary/aromatic N) is 1. The van der Waals surface area contributed by atoms with E-state index in [4.69, 9.17) is 0 Å². The molecule has 1 aliphatic carbocycles. The third kappa shape index (κ3) is 2.85. The maximum absolute atomic E-state index is 3.73. The molecule has 0 amide bonds. The summed E-state index contributed by atoms with van der Waals surface area (Å²) in [6.07, 6.45) is 5.43. The first-order chi connectivity index (χ1) is 8.19. The van der Waals surface area contributed by atoms with Crippen LogP contribution in [0, 0.1) is 11.8 Å². The Morgan fingerprint density at radius 1 is 1.24 bits per heavy atom. The number of hydrogen-bond donors (Lipinski definition) is 1. The molecule has 2 nitrogen and oxygen atoms in total. The van der Waals surface area contributed by atoms with Crippen LogP contribution in [0.3, 0.4) is 0 Å². The molecular formula is C15H30N2. The maximum atomic E-state index is 3.73. The van der Waals surface area contributed by atoms with Crippen molar-refractivity contribution in [3.05, 3.63) is 0 Å². The Bertz CT molecular complexity index is 241. The van der Waals surface area contributed by atoms with E-state index in [2.05, 4.69) is 37.9 Å². The van der Waals surface area contributed by atoms with E-state index in [0.717, 1.165) is 30.0 Å². The van der Waals surface area contributed by atoms with Crippen LogP contribution in [0.5, 0.6) is 0 Å². The molecule has 2 heteroatoms. The Morgan fingerprint density at radius 2 is 2.00 bits per heavy atom. The average Bonchev–Trinajstić information content (AvgIpc) is 3.10. The van der Waals surface area contributed by atoms with Crippen LogP contribution in [-0.4, -0.2) is 36.1 Å². The topological polar surface area (TPSA) is 15.3 Å². The van der Waals surface area contributed by atoms with E-state index in [1.165, 1.54) is 38.8 Å². The zero-order valence-electron chi connectivity index (χ0n) is 12.1. The maximum Gasteiger partial charge on any atom is 0.0130 e. The van der Waals surface area contributed by atoms with Gasteiger partial charge in [-0.3, -0.25) is 4.90 Å². The zero-order chi connectivity index (χ0) is 12.4. The van der Waals surface area contributed by atoms with Gasteiger partial charge in [0.1, 0.15) is 0 Å². The molecule has 0 aromatic heterocycles. The van der Waals surface area contributed by atoms with Crippen LogP contribution in [0.25, 0.3) is 0 Å². The largest absolute Gasteiger partial charge is 0.314 e. The third-order valence-corrected chi connectivity index (χ3v) is 5.11. The molecule has 0 radical (unpaired) electrons. The Kier molecular flexibility index (Phi) is 4.48. The minimum atomic E-state index is 0.750. The number of piperidine rings is 1. The first-order valence-electron chi connectivity index (χ1n) is 7.68. The second-order valence-electron chi connectivity index (χ2n) is 6.16. The van der Waals surface area contributed by atoms with Crippen molar-refractivity contribution in [2.75, 3.05) is 13.1 Å². The van der Waals surface area contributed by atoms with E-state index in [1.807, 2.05) is 0 Å². The Morgan fingerprint density at radius 3 is 2.59 bits per heavy atom. The second-order valence-corrected chi connectivity index (χ2v) is 6.16. The molecule has 0 bridgehead atoms. The SMILES string of the molecule is CCCNC1CCN(C2CC2CC)C(C)C1C. The molecule has 0 spiro atoms. The van der Waals surface area contributed by atoms with Crippen molar-refractivity contribution < 1.29 is 0 Å². The van der Waals surface area contributed by atoms with Gasteiger partial charge in [-0.05, 0) is 44.6 Å². The molecule has 2 fully saturated rings. The first kappa shape index (κ1) is 13.4. The third-order valence-electron chi connectivity index (χ3n) is 5.11. The van der Waals surface area contributed by atoms with E-state index >= 15 is 0 Å². The average molecular weight is 238 g/mol. The molecule has 5 atom stereocenters. The molecule has 1 heterocycles. The Hall–Kier alpha value is -0.0800. The van der Waals surface area contributed by atoms with Gasteiger partial charge in [0.05, 0.1) is 0 Å². The lowest BCUT2D eigenvalue weighted by molar-refractivity contribution is 0.0732. The van der Waals surface area contributed by atoms with Gasteiger partial charge in [0.2, 0.25) is 0 Å². The van der Waals surface area contributed by atoms with Gasteiger partial charge >= 0.3 is 0 Å². The Labute approximate surface area is 107 Å². The fourth-order valence-corrected chi connectivity index (χ4v) is 3.55. The summed E-state index contributed by atoms with van der Waals surface area (Å²) in [4.78, 5) is 2.79. The van der Waals surface area contributed by atoms with Gasteiger partial charge in [-0.25, -0.2) is 0 Å². The van der Waals surface area contributed by atoms with Crippen molar-refractivity contribution in [2.24, 2.45) is 11.8 Å². The smallest absolute Gasteiger partial charge is 0.0130 e. The summed E-state index contributed by atoms with van der Waals surface area (Å²) in [7, 11) is 0. The summed E-state index contributed by atoms with van der Waals surface area (Å²) in [5.74, 6) is 1.80. The normalized spacial score (nSPS) is 42.7. The molecule has 1 saturated carbocycles. The quantitative estimate of drug-likeness (QED) is 0.792. The second kappa shape index (κ2) is 5.71. The van der Waals surface area contributed by atoms with E-state index in [9.17, 15) is 0 Å². The fraction of sp³-hybridized carbons (Fsp3) is 1.00. The molecule has 17 heavy (non-hydrogen) atoms. The highest BCUT2D eigenvalue weighted by molar-refractivity contribution is 5.00. The Balaban J connectivity index is 1.85. The van der Waals surface area contributed by atoms with E-state index in [-0.39, 0.29) is 0 Å². The lowest BCUT2D eigenvalue weighted by Crippen LogP contribution is -2.54. The molecule has 5 unspecified atom stereocenters. The summed E-state index contributed by atoms with van der Waals surface area (Å²) in [6, 6.07) is 2.43. The van der Waals surface area contributed by atoms with Crippen molar-refractivity contribution in [3.63, 3.8) is 0 Å². The molecule has 2 rings (SSSR count). The summed E-state index contributed by atoms with van der Waals surface area (Å²) in [6.45, 7) is 12.0. The number of hydrogen-bond acceptors (Lipinski definition) is 2. The van der Waals surface area contributed by atoms with Crippen molar-refractivity contribution in [1.82, 2.24) is 10.2 Å². The van der Waals surface area contributed by atoms with Gasteiger partial charge in [0.15, 0.2) is 0 Å². The summed E-state index contributed by atoms with van der Waals surface area (Å²) >= 11 is 0. The summed E-state index contributed by atoms with van der Waals surface area (Å²) < 4.78 is 0. The number of likely N-dealkylation sites (tertiary alicyclic amines) is 1. The van der Waals surface area contributed by atoms with Crippen LogP contribution in [0.1, 0.15) is 53.4 Å². The minimum absolute atomic E-state index is 0.750. The van der Waals surface area contributed by atoms with Crippen LogP contribution in [0.4, 0.5) is 0 Å². The number of nitrogens with one attached hydrogen (secondary N) is 1. The van der Waals surface area contributed by atoms with Gasteiger partial charge in [0.25, 0.3) is 0 Å². The monoisotopic (exact) mass is 238 g/mol. The van der Waals surface area contributed by atoms with Crippen molar-refractivity contribution in [3.8, 4) is 0 Å². The highest BCUT2D eigenvalue weighted by Gasteiger charge is 2.45.